The molecule has 0 aliphatic rings. The van der Waals surface area contributed by atoms with Gasteiger partial charge in [0.25, 0.3) is 0 Å². The Balaban J connectivity index is 2.52. The number of imidazole rings is 1. The fourth-order valence-corrected chi connectivity index (χ4v) is 2.04. The molecular weight excluding hydrogens is 292 g/mol. The molecule has 0 spiro atoms. The van der Waals surface area contributed by atoms with E-state index in [2.05, 4.69) is 21.8 Å². The van der Waals surface area contributed by atoms with Crippen molar-refractivity contribution < 1.29 is 13.2 Å². The van der Waals surface area contributed by atoms with Crippen molar-refractivity contribution in [2.75, 3.05) is 0 Å². The Morgan fingerprint density at radius 1 is 1.24 bits per heavy atom. The van der Waals surface area contributed by atoms with Gasteiger partial charge in [0.15, 0.2) is 0 Å². The van der Waals surface area contributed by atoms with Gasteiger partial charge >= 0.3 is 105 Å². The summed E-state index contributed by atoms with van der Waals surface area (Å²) >= 11 is 2.12. The average molecular weight is 300 g/mol. The maximum atomic E-state index is 12.6. The number of nitrogens with zero attached hydrogens (tertiary/aromatic N) is 2. The second kappa shape index (κ2) is 4.22. The molecule has 1 aromatic heterocycles. The van der Waals surface area contributed by atoms with Crippen LogP contribution in [-0.2, 0) is 6.18 Å². The predicted molar refractivity (Wildman–Crippen MR) is 58.7 cm³/mol. The molecule has 0 fully saturated rings. The van der Waals surface area contributed by atoms with Crippen LogP contribution in [0.2, 0.25) is 0 Å². The van der Waals surface area contributed by atoms with Gasteiger partial charge in [0.1, 0.15) is 0 Å². The van der Waals surface area contributed by atoms with E-state index in [0.29, 0.717) is 10.0 Å². The van der Waals surface area contributed by atoms with Gasteiger partial charge in [-0.15, -0.1) is 0 Å². The molecule has 0 aliphatic carbocycles. The van der Waals surface area contributed by atoms with Gasteiger partial charge in [0.2, 0.25) is 0 Å². The molecule has 2 radical (unpaired) electrons. The van der Waals surface area contributed by atoms with Crippen LogP contribution in [-0.4, -0.2) is 26.4 Å². The van der Waals surface area contributed by atoms with Crippen LogP contribution in [0.4, 0.5) is 13.2 Å². The van der Waals surface area contributed by atoms with E-state index >= 15 is 0 Å². The third-order valence-electron chi connectivity index (χ3n) is 2.24. The monoisotopic (exact) mass is 300 g/mol. The summed E-state index contributed by atoms with van der Waals surface area (Å²) in [6, 6.07) is 3.88. The first-order valence-corrected chi connectivity index (χ1v) is 5.72. The fraction of sp³-hybridized carbons (Fsp3) is 0.182. The predicted octanol–water partition coefficient (Wildman–Crippen LogP) is 1.99. The molecule has 0 saturated carbocycles. The summed E-state index contributed by atoms with van der Waals surface area (Å²) in [7, 11) is 0. The van der Waals surface area contributed by atoms with Crippen LogP contribution in [0, 0.1) is 6.92 Å². The normalized spacial score (nSPS) is 11.8. The Kier molecular flexibility index (Phi) is 3.04. The van der Waals surface area contributed by atoms with Crippen LogP contribution >= 0.6 is 0 Å². The van der Waals surface area contributed by atoms with Crippen molar-refractivity contribution >= 4 is 21.2 Å². The van der Waals surface area contributed by atoms with Crippen molar-refractivity contribution in [1.82, 2.24) is 9.55 Å². The number of halogens is 3. The molecule has 1 heterocycles. The summed E-state index contributed by atoms with van der Waals surface area (Å²) in [5.41, 5.74) is 0.558. The number of hydrogen-bond acceptors (Lipinski definition) is 1. The summed E-state index contributed by atoms with van der Waals surface area (Å²) in [4.78, 5) is 3.99. The molecule has 6 heteroatoms. The second-order valence-electron chi connectivity index (χ2n) is 3.66. The van der Waals surface area contributed by atoms with Crippen LogP contribution in [0.15, 0.2) is 30.7 Å². The third kappa shape index (κ3) is 2.72. The summed E-state index contributed by atoms with van der Waals surface area (Å²) in [6.45, 7) is 1.78. The Hall–Kier alpha value is -1.22. The van der Waals surface area contributed by atoms with Gasteiger partial charge in [-0.25, -0.2) is 0 Å². The Morgan fingerprint density at radius 2 is 1.94 bits per heavy atom. The zero-order chi connectivity index (χ0) is 12.6. The number of aryl methyl sites for hydroxylation is 1. The first-order valence-electron chi connectivity index (χ1n) is 4.78. The molecule has 0 aliphatic heterocycles. The van der Waals surface area contributed by atoms with Gasteiger partial charge in [-0.3, -0.25) is 0 Å². The molecule has 0 atom stereocenters. The minimum absolute atomic E-state index is 0.455. The molecule has 88 valence electrons. The van der Waals surface area contributed by atoms with E-state index in [9.17, 15) is 13.2 Å². The first-order chi connectivity index (χ1) is 7.86. The zero-order valence-corrected chi connectivity index (χ0v) is 10.7. The van der Waals surface area contributed by atoms with Crippen LogP contribution < -0.4 is 4.35 Å². The summed E-state index contributed by atoms with van der Waals surface area (Å²) in [5, 5.41) is 0. The zero-order valence-electron chi connectivity index (χ0n) is 8.86. The van der Waals surface area contributed by atoms with Gasteiger partial charge < -0.3 is 0 Å². The van der Waals surface area contributed by atoms with E-state index in [1.807, 2.05) is 0 Å². The standard InChI is InChI=1S/C11H8AsF3N2/c1-7-5-17(6-16-7)10-3-8(11(13,14)15)2-9(12)4-10/h2-6H,1H3. The molecule has 17 heavy (non-hydrogen) atoms. The Bertz CT molecular complexity index is 546. The molecule has 0 N–H and O–H groups in total. The van der Waals surface area contributed by atoms with Gasteiger partial charge in [-0.1, -0.05) is 0 Å². The maximum absolute atomic E-state index is 12.6. The number of aromatic nitrogens is 2. The van der Waals surface area contributed by atoms with Crippen molar-refractivity contribution in [3.63, 3.8) is 0 Å². The number of alkyl halides is 3. The molecular formula is C11H8AsF3N2. The van der Waals surface area contributed by atoms with Crippen LogP contribution in [0.3, 0.4) is 0 Å². The van der Waals surface area contributed by atoms with Crippen molar-refractivity contribution in [1.29, 1.82) is 0 Å². The Labute approximate surface area is 105 Å². The molecule has 1 aromatic carbocycles. The molecule has 0 unspecified atom stereocenters. The minimum atomic E-state index is -4.33. The molecule has 0 bridgehead atoms. The Morgan fingerprint density at radius 3 is 2.47 bits per heavy atom. The third-order valence-corrected chi connectivity index (χ3v) is 2.78. The quantitative estimate of drug-likeness (QED) is 0.737. The van der Waals surface area contributed by atoms with Crippen LogP contribution in [0.1, 0.15) is 11.3 Å². The number of benzene rings is 1. The molecule has 2 aromatic rings. The fourth-order valence-electron chi connectivity index (χ4n) is 1.47. The van der Waals surface area contributed by atoms with Crippen molar-refractivity contribution in [3.05, 3.63) is 42.0 Å². The molecule has 2 rings (SSSR count). The van der Waals surface area contributed by atoms with E-state index in [0.717, 1.165) is 17.8 Å². The van der Waals surface area contributed by atoms with Crippen molar-refractivity contribution in [3.8, 4) is 5.69 Å². The molecule has 2 nitrogen and oxygen atoms in total. The van der Waals surface area contributed by atoms with E-state index < -0.39 is 11.7 Å². The summed E-state index contributed by atoms with van der Waals surface area (Å²) in [5.74, 6) is 0. The topological polar surface area (TPSA) is 17.8 Å². The van der Waals surface area contributed by atoms with E-state index in [-0.39, 0.29) is 0 Å². The van der Waals surface area contributed by atoms with Gasteiger partial charge in [-0.05, 0) is 0 Å². The van der Waals surface area contributed by atoms with Crippen LogP contribution in [0.25, 0.3) is 5.69 Å². The average Bonchev–Trinajstić information content (AvgIpc) is 2.62. The van der Waals surface area contributed by atoms with E-state index in [1.165, 1.54) is 6.33 Å². The van der Waals surface area contributed by atoms with E-state index in [1.54, 1.807) is 23.8 Å². The SMILES string of the molecule is Cc1cn(-c2cc([As])cc(C(F)(F)F)c2)cn1. The summed E-state index contributed by atoms with van der Waals surface area (Å²) < 4.78 is 40.0. The van der Waals surface area contributed by atoms with Crippen molar-refractivity contribution in [2.24, 2.45) is 0 Å². The summed E-state index contributed by atoms with van der Waals surface area (Å²) in [6.07, 6.45) is -1.15. The number of rotatable bonds is 1. The van der Waals surface area contributed by atoms with Gasteiger partial charge in [0, 0.05) is 0 Å². The van der Waals surface area contributed by atoms with E-state index in [4.69, 9.17) is 0 Å². The number of hydrogen-bond donors (Lipinski definition) is 0. The first kappa shape index (κ1) is 12.2. The van der Waals surface area contributed by atoms with Gasteiger partial charge in [0.05, 0.1) is 0 Å². The second-order valence-corrected chi connectivity index (χ2v) is 4.74. The molecule has 0 saturated heterocycles. The van der Waals surface area contributed by atoms with Gasteiger partial charge in [-0.2, -0.15) is 0 Å². The van der Waals surface area contributed by atoms with Crippen molar-refractivity contribution in [2.45, 2.75) is 13.1 Å². The van der Waals surface area contributed by atoms with Crippen LogP contribution in [0.5, 0.6) is 0 Å². The molecule has 0 amide bonds.